The summed E-state index contributed by atoms with van der Waals surface area (Å²) in [6, 6.07) is 5.26. The first-order chi connectivity index (χ1) is 7.10. The summed E-state index contributed by atoms with van der Waals surface area (Å²) in [4.78, 5) is 0. The summed E-state index contributed by atoms with van der Waals surface area (Å²) in [5.41, 5.74) is 1.48. The minimum atomic E-state index is -1.19. The fourth-order valence-corrected chi connectivity index (χ4v) is 1.37. The molecule has 0 aliphatic rings. The first kappa shape index (κ1) is 12.0. The van der Waals surface area contributed by atoms with Crippen LogP contribution in [0.5, 0.6) is 5.75 Å². The van der Waals surface area contributed by atoms with E-state index in [2.05, 4.69) is 0 Å². The van der Waals surface area contributed by atoms with Crippen LogP contribution in [-0.4, -0.2) is 35.1 Å². The molecule has 0 saturated heterocycles. The zero-order chi connectivity index (χ0) is 11.4. The lowest BCUT2D eigenvalue weighted by atomic mass is 10.0. The van der Waals surface area contributed by atoms with Crippen LogP contribution in [0.25, 0.3) is 0 Å². The molecule has 0 heterocycles. The topological polar surface area (TPSA) is 69.9 Å². The lowest BCUT2D eigenvalue weighted by Crippen LogP contribution is -2.22. The molecule has 0 saturated carbocycles. The maximum Gasteiger partial charge on any atom is 0.125 e. The van der Waals surface area contributed by atoms with Crippen molar-refractivity contribution in [1.29, 1.82) is 0 Å². The Kier molecular flexibility index (Phi) is 4.08. The number of hydrogen-bond acceptors (Lipinski definition) is 4. The van der Waals surface area contributed by atoms with E-state index < -0.39 is 18.8 Å². The molecule has 0 aliphatic heterocycles. The van der Waals surface area contributed by atoms with Gasteiger partial charge in [-0.2, -0.15) is 0 Å². The maximum atomic E-state index is 9.70. The zero-order valence-electron chi connectivity index (χ0n) is 8.84. The van der Waals surface area contributed by atoms with Gasteiger partial charge in [0.05, 0.1) is 13.7 Å². The van der Waals surface area contributed by atoms with Crippen LogP contribution in [0, 0.1) is 6.92 Å². The van der Waals surface area contributed by atoms with Crippen LogP contribution >= 0.6 is 0 Å². The number of ether oxygens (including phenoxy) is 1. The fraction of sp³-hybridized carbons (Fsp3) is 0.455. The van der Waals surface area contributed by atoms with Gasteiger partial charge in [0.1, 0.15) is 18.0 Å². The van der Waals surface area contributed by atoms with Crippen LogP contribution in [0.4, 0.5) is 0 Å². The molecule has 2 unspecified atom stereocenters. The third kappa shape index (κ3) is 2.68. The Labute approximate surface area is 88.8 Å². The fourth-order valence-electron chi connectivity index (χ4n) is 1.37. The molecule has 0 aromatic heterocycles. The number of aliphatic hydroxyl groups is 3. The average molecular weight is 212 g/mol. The van der Waals surface area contributed by atoms with E-state index in [1.54, 1.807) is 12.1 Å². The molecule has 84 valence electrons. The predicted octanol–water partition coefficient (Wildman–Crippen LogP) is 0.390. The largest absolute Gasteiger partial charge is 0.496 e. The minimum absolute atomic E-state index is 0.477. The molecule has 3 N–H and O–H groups in total. The Hall–Kier alpha value is -1.10. The normalized spacial score (nSPS) is 14.7. The van der Waals surface area contributed by atoms with Gasteiger partial charge >= 0.3 is 0 Å². The van der Waals surface area contributed by atoms with Crippen LogP contribution < -0.4 is 4.74 Å². The average Bonchev–Trinajstić information content (AvgIpc) is 2.26. The van der Waals surface area contributed by atoms with Gasteiger partial charge in [-0.25, -0.2) is 0 Å². The van der Waals surface area contributed by atoms with Gasteiger partial charge in [0.15, 0.2) is 0 Å². The zero-order valence-corrected chi connectivity index (χ0v) is 8.84. The first-order valence-corrected chi connectivity index (χ1v) is 4.71. The summed E-state index contributed by atoms with van der Waals surface area (Å²) in [5.74, 6) is 0.509. The molecule has 2 atom stereocenters. The summed E-state index contributed by atoms with van der Waals surface area (Å²) >= 11 is 0. The second-order valence-electron chi connectivity index (χ2n) is 3.44. The molecule has 0 spiro atoms. The molecule has 15 heavy (non-hydrogen) atoms. The molecule has 0 fully saturated rings. The van der Waals surface area contributed by atoms with Crippen molar-refractivity contribution >= 4 is 0 Å². The van der Waals surface area contributed by atoms with Crippen LogP contribution in [-0.2, 0) is 0 Å². The van der Waals surface area contributed by atoms with Crippen molar-refractivity contribution in [3.05, 3.63) is 29.3 Å². The smallest absolute Gasteiger partial charge is 0.125 e. The molecular weight excluding hydrogens is 196 g/mol. The summed E-state index contributed by atoms with van der Waals surface area (Å²) in [6.45, 7) is 1.42. The molecule has 1 rings (SSSR count). The van der Waals surface area contributed by atoms with E-state index in [4.69, 9.17) is 9.84 Å². The van der Waals surface area contributed by atoms with Crippen molar-refractivity contribution < 1.29 is 20.1 Å². The van der Waals surface area contributed by atoms with Crippen molar-refractivity contribution in [3.8, 4) is 5.75 Å². The molecule has 0 radical (unpaired) electrons. The predicted molar refractivity (Wildman–Crippen MR) is 55.8 cm³/mol. The van der Waals surface area contributed by atoms with Gasteiger partial charge in [0.2, 0.25) is 0 Å². The lowest BCUT2D eigenvalue weighted by Gasteiger charge is -2.18. The molecule has 0 aliphatic carbocycles. The molecule has 0 bridgehead atoms. The Balaban J connectivity index is 3.02. The maximum absolute atomic E-state index is 9.70. The highest BCUT2D eigenvalue weighted by Gasteiger charge is 2.20. The number of hydrogen-bond donors (Lipinski definition) is 3. The van der Waals surface area contributed by atoms with Crippen molar-refractivity contribution in [2.24, 2.45) is 0 Å². The van der Waals surface area contributed by atoms with E-state index in [1.165, 1.54) is 7.11 Å². The minimum Gasteiger partial charge on any atom is -0.496 e. The Morgan fingerprint density at radius 3 is 2.53 bits per heavy atom. The van der Waals surface area contributed by atoms with Gasteiger partial charge < -0.3 is 20.1 Å². The van der Waals surface area contributed by atoms with E-state index in [-0.39, 0.29) is 0 Å². The lowest BCUT2D eigenvalue weighted by molar-refractivity contribution is -0.0162. The van der Waals surface area contributed by atoms with Gasteiger partial charge in [-0.05, 0) is 18.6 Å². The van der Waals surface area contributed by atoms with Crippen LogP contribution in [0.2, 0.25) is 0 Å². The van der Waals surface area contributed by atoms with Crippen LogP contribution in [0.1, 0.15) is 17.2 Å². The van der Waals surface area contributed by atoms with Gasteiger partial charge in [0, 0.05) is 5.56 Å². The SMILES string of the molecule is COc1cc(C)ccc1C(O)C(O)CO. The Morgan fingerprint density at radius 1 is 1.33 bits per heavy atom. The molecule has 1 aromatic carbocycles. The molecule has 0 amide bonds. The van der Waals surface area contributed by atoms with Crippen molar-refractivity contribution in [1.82, 2.24) is 0 Å². The van der Waals surface area contributed by atoms with Crippen LogP contribution in [0.3, 0.4) is 0 Å². The monoisotopic (exact) mass is 212 g/mol. The highest BCUT2D eigenvalue weighted by Crippen LogP contribution is 2.28. The van der Waals surface area contributed by atoms with Crippen molar-refractivity contribution in [2.75, 3.05) is 13.7 Å². The summed E-state index contributed by atoms with van der Waals surface area (Å²) in [5, 5.41) is 27.7. The molecule has 1 aromatic rings. The van der Waals surface area contributed by atoms with Crippen molar-refractivity contribution in [3.63, 3.8) is 0 Å². The van der Waals surface area contributed by atoms with Crippen molar-refractivity contribution in [2.45, 2.75) is 19.1 Å². The standard InChI is InChI=1S/C11H16O4/c1-7-3-4-8(10(5-7)15-2)11(14)9(13)6-12/h3-5,9,11-14H,6H2,1-2H3. The van der Waals surface area contributed by atoms with E-state index in [0.717, 1.165) is 5.56 Å². The van der Waals surface area contributed by atoms with Gasteiger partial charge in [-0.3, -0.25) is 0 Å². The second kappa shape index (κ2) is 5.11. The van der Waals surface area contributed by atoms with Gasteiger partial charge in [-0.15, -0.1) is 0 Å². The third-order valence-electron chi connectivity index (χ3n) is 2.26. The number of benzene rings is 1. The van der Waals surface area contributed by atoms with Gasteiger partial charge in [-0.1, -0.05) is 12.1 Å². The summed E-state index contributed by atoms with van der Waals surface area (Å²) < 4.78 is 5.09. The highest BCUT2D eigenvalue weighted by molar-refractivity contribution is 5.39. The number of aliphatic hydroxyl groups excluding tert-OH is 3. The van der Waals surface area contributed by atoms with Gasteiger partial charge in [0.25, 0.3) is 0 Å². The second-order valence-corrected chi connectivity index (χ2v) is 3.44. The van der Waals surface area contributed by atoms with E-state index in [9.17, 15) is 10.2 Å². The van der Waals surface area contributed by atoms with E-state index in [0.29, 0.717) is 11.3 Å². The van der Waals surface area contributed by atoms with E-state index in [1.807, 2.05) is 13.0 Å². The quantitative estimate of drug-likeness (QED) is 0.675. The molecule has 4 heteroatoms. The van der Waals surface area contributed by atoms with Crippen LogP contribution in [0.15, 0.2) is 18.2 Å². The Bertz CT molecular complexity index is 324. The number of rotatable bonds is 4. The highest BCUT2D eigenvalue weighted by atomic mass is 16.5. The third-order valence-corrected chi connectivity index (χ3v) is 2.26. The number of methoxy groups -OCH3 is 1. The van der Waals surface area contributed by atoms with E-state index >= 15 is 0 Å². The first-order valence-electron chi connectivity index (χ1n) is 4.71. The Morgan fingerprint density at radius 2 is 2.00 bits per heavy atom. The number of aryl methyl sites for hydroxylation is 1. The summed E-state index contributed by atoms with van der Waals surface area (Å²) in [6.07, 6.45) is -2.33. The molecular formula is C11H16O4. The molecule has 4 nitrogen and oxygen atoms in total. The summed E-state index contributed by atoms with van der Waals surface area (Å²) in [7, 11) is 1.50.